The second-order valence-corrected chi connectivity index (χ2v) is 12.6. The van der Waals surface area contributed by atoms with Gasteiger partial charge in [-0.25, -0.2) is 0 Å². The van der Waals surface area contributed by atoms with E-state index in [4.69, 9.17) is 33.5 Å². The minimum absolute atomic E-state index is 0.0320. The second kappa shape index (κ2) is 19.6. The predicted molar refractivity (Wildman–Crippen MR) is 158 cm³/mol. The minimum atomic E-state index is -1.74. The SMILES string of the molecule is O=C(CBr)C[C@@H]1OC(CO)[C@@H](O[C@H]2OC(CO)[C@@H](O)[C@H](O)C2O)[C@H](O)C1O.OCC1O[C@H](O[C@@H]2C(CO)OC(O)C(O)[C@H]2O)C(O)[C@@H](O)[C@@H]1O. The van der Waals surface area contributed by atoms with Crippen LogP contribution in [-0.2, 0) is 33.2 Å². The Morgan fingerprint density at radius 1 is 0.460 bits per heavy atom. The van der Waals surface area contributed by atoms with E-state index in [1.165, 1.54) is 0 Å². The fourth-order valence-electron chi connectivity index (χ4n) is 5.68. The van der Waals surface area contributed by atoms with Crippen molar-refractivity contribution in [1.82, 2.24) is 0 Å². The Morgan fingerprint density at radius 3 is 1.24 bits per heavy atom. The maximum atomic E-state index is 11.6. The van der Waals surface area contributed by atoms with Crippen molar-refractivity contribution >= 4 is 21.7 Å². The Labute approximate surface area is 292 Å². The average Bonchev–Trinajstić information content (AvgIpc) is 3.11. The Morgan fingerprint density at radius 2 is 0.840 bits per heavy atom. The third-order valence-electron chi connectivity index (χ3n) is 8.66. The summed E-state index contributed by atoms with van der Waals surface area (Å²) in [5.41, 5.74) is 0. The van der Waals surface area contributed by atoms with Crippen molar-refractivity contribution < 1.29 is 110 Å². The predicted octanol–water partition coefficient (Wildman–Crippen LogP) is -9.39. The lowest BCUT2D eigenvalue weighted by molar-refractivity contribution is -0.355. The summed E-state index contributed by atoms with van der Waals surface area (Å²) in [4.78, 5) is 11.6. The van der Waals surface area contributed by atoms with E-state index in [0.29, 0.717) is 0 Å². The van der Waals surface area contributed by atoms with Gasteiger partial charge in [0.1, 0.15) is 103 Å². The van der Waals surface area contributed by atoms with E-state index >= 15 is 0 Å². The normalized spacial score (nSPS) is 48.4. The summed E-state index contributed by atoms with van der Waals surface area (Å²) in [6, 6.07) is 0. The van der Waals surface area contributed by atoms with Gasteiger partial charge in [0, 0.05) is 6.42 Å². The van der Waals surface area contributed by atoms with Gasteiger partial charge in [-0.15, -0.1) is 0 Å². The largest absolute Gasteiger partial charge is 0.394 e. The van der Waals surface area contributed by atoms with Gasteiger partial charge in [0.2, 0.25) is 0 Å². The molecule has 0 spiro atoms. The van der Waals surface area contributed by atoms with Gasteiger partial charge < -0.3 is 105 Å². The molecular weight excluding hydrogens is 756 g/mol. The average molecular weight is 804 g/mol. The zero-order valence-corrected chi connectivity index (χ0v) is 27.8. The second-order valence-electron chi connectivity index (χ2n) is 12.1. The van der Waals surface area contributed by atoms with Crippen LogP contribution in [0.25, 0.3) is 0 Å². The summed E-state index contributed by atoms with van der Waals surface area (Å²) in [7, 11) is 0. The summed E-state index contributed by atoms with van der Waals surface area (Å²) < 4.78 is 31.3. The van der Waals surface area contributed by atoms with E-state index in [1.807, 2.05) is 0 Å². The molecule has 50 heavy (non-hydrogen) atoms. The van der Waals surface area contributed by atoms with E-state index in [2.05, 4.69) is 15.9 Å². The Bertz CT molecular complexity index is 1020. The molecule has 15 N–H and O–H groups in total. The molecule has 4 fully saturated rings. The van der Waals surface area contributed by atoms with Crippen LogP contribution in [0.5, 0.6) is 0 Å². The number of ether oxygens (including phenoxy) is 6. The van der Waals surface area contributed by atoms with E-state index in [9.17, 15) is 76.3 Å². The summed E-state index contributed by atoms with van der Waals surface area (Å²) >= 11 is 2.98. The van der Waals surface area contributed by atoms with Crippen LogP contribution in [0, 0.1) is 0 Å². The number of aliphatic hydroxyl groups is 15. The van der Waals surface area contributed by atoms with Gasteiger partial charge in [-0.3, -0.25) is 4.79 Å². The lowest BCUT2D eigenvalue weighted by Gasteiger charge is -2.46. The molecule has 0 aromatic rings. The number of Topliss-reactive ketones (excluding diaryl/α,β-unsaturated/α-hetero) is 1. The number of halogens is 1. The third kappa shape index (κ3) is 9.89. The first-order valence-electron chi connectivity index (χ1n) is 15.5. The summed E-state index contributed by atoms with van der Waals surface area (Å²) in [5, 5.41) is 145. The van der Waals surface area contributed by atoms with E-state index in [1.54, 1.807) is 0 Å². The highest BCUT2D eigenvalue weighted by Gasteiger charge is 2.52. The van der Waals surface area contributed by atoms with Crippen LogP contribution in [0.2, 0.25) is 0 Å². The smallest absolute Gasteiger partial charge is 0.187 e. The van der Waals surface area contributed by atoms with Crippen molar-refractivity contribution in [3.05, 3.63) is 0 Å². The van der Waals surface area contributed by atoms with Gasteiger partial charge in [0.05, 0.1) is 37.9 Å². The van der Waals surface area contributed by atoms with Gasteiger partial charge in [-0.1, -0.05) is 15.9 Å². The standard InChI is InChI=1S/C15H25BrO11.C12H22O11/c16-2-5(19)1-6-9(20)12(23)14(8(4-18)25-6)27-15-13(24)11(22)10(21)7(3-17)26-15;13-1-3-5(15)6(16)9(19)12(22-3)23-10-4(2-14)21-11(20)8(18)7(10)17/h6-15,17-18,20-24H,1-4H2;3-20H,1-2H2/t6-,7?,8?,9?,10+,11-,12+,13?,14+,15+;3?,4?,5-,6+,7-,8?,9?,10-,11?,12-/m01/s1. The van der Waals surface area contributed by atoms with Crippen molar-refractivity contribution in [1.29, 1.82) is 0 Å². The quantitative estimate of drug-likeness (QED) is 0.0862. The lowest BCUT2D eigenvalue weighted by atomic mass is 9.92. The van der Waals surface area contributed by atoms with Crippen LogP contribution in [0.15, 0.2) is 0 Å². The molecule has 22 nitrogen and oxygen atoms in total. The number of ketones is 1. The molecule has 294 valence electrons. The lowest BCUT2D eigenvalue weighted by Crippen LogP contribution is -2.64. The molecule has 0 amide bonds. The molecule has 4 rings (SSSR count). The number of carbonyl (C=O) groups excluding carboxylic acids is 1. The van der Waals surface area contributed by atoms with E-state index in [-0.39, 0.29) is 17.5 Å². The molecule has 9 unspecified atom stereocenters. The number of hydrogen-bond donors (Lipinski definition) is 15. The Hall–Kier alpha value is -0.690. The van der Waals surface area contributed by atoms with Crippen molar-refractivity contribution in [3.63, 3.8) is 0 Å². The van der Waals surface area contributed by atoms with E-state index < -0.39 is 149 Å². The molecule has 4 aliphatic rings. The van der Waals surface area contributed by atoms with Crippen molar-refractivity contribution in [2.75, 3.05) is 31.8 Å². The van der Waals surface area contributed by atoms with Gasteiger partial charge in [0.25, 0.3) is 0 Å². The molecule has 4 aliphatic heterocycles. The molecular formula is C27H47BrO22. The molecule has 20 atom stereocenters. The molecule has 23 heteroatoms. The highest BCUT2D eigenvalue weighted by Crippen LogP contribution is 2.31. The molecule has 0 aromatic heterocycles. The Kier molecular flexibility index (Phi) is 17.1. The Balaban J connectivity index is 0.000000274. The number of carbonyl (C=O) groups is 1. The van der Waals surface area contributed by atoms with Crippen molar-refractivity contribution in [3.8, 4) is 0 Å². The van der Waals surface area contributed by atoms with Crippen LogP contribution in [-0.4, -0.2) is 237 Å². The fraction of sp³-hybridized carbons (Fsp3) is 0.963. The maximum absolute atomic E-state index is 11.6. The van der Waals surface area contributed by atoms with Crippen LogP contribution < -0.4 is 0 Å². The van der Waals surface area contributed by atoms with Crippen LogP contribution in [0.4, 0.5) is 0 Å². The van der Waals surface area contributed by atoms with Gasteiger partial charge >= 0.3 is 0 Å². The van der Waals surface area contributed by atoms with Crippen LogP contribution in [0.1, 0.15) is 6.42 Å². The molecule has 0 saturated carbocycles. The highest BCUT2D eigenvalue weighted by molar-refractivity contribution is 9.09. The molecule has 0 radical (unpaired) electrons. The van der Waals surface area contributed by atoms with Crippen LogP contribution >= 0.6 is 15.9 Å². The first-order valence-corrected chi connectivity index (χ1v) is 16.6. The third-order valence-corrected chi connectivity index (χ3v) is 9.29. The first-order chi connectivity index (χ1) is 23.6. The first kappa shape index (κ1) is 43.7. The molecule has 4 heterocycles. The van der Waals surface area contributed by atoms with Crippen molar-refractivity contribution in [2.24, 2.45) is 0 Å². The molecule has 0 aliphatic carbocycles. The number of alkyl halides is 1. The highest BCUT2D eigenvalue weighted by atomic mass is 79.9. The number of rotatable bonds is 11. The summed E-state index contributed by atoms with van der Waals surface area (Å²) in [6.07, 6.45) is -30.3. The molecule has 0 bridgehead atoms. The minimum Gasteiger partial charge on any atom is -0.394 e. The van der Waals surface area contributed by atoms with Gasteiger partial charge in [-0.2, -0.15) is 0 Å². The maximum Gasteiger partial charge on any atom is 0.187 e. The number of hydrogen-bond acceptors (Lipinski definition) is 22. The number of aliphatic hydroxyl groups excluding tert-OH is 15. The molecule has 0 aromatic carbocycles. The molecule has 4 saturated heterocycles. The van der Waals surface area contributed by atoms with Gasteiger partial charge in [-0.05, 0) is 0 Å². The van der Waals surface area contributed by atoms with E-state index in [0.717, 1.165) is 0 Å². The van der Waals surface area contributed by atoms with Crippen LogP contribution in [0.3, 0.4) is 0 Å². The summed E-state index contributed by atoms with van der Waals surface area (Å²) in [5.74, 6) is -0.281. The summed E-state index contributed by atoms with van der Waals surface area (Å²) in [6.45, 7) is -2.65. The zero-order chi connectivity index (χ0) is 37.6. The van der Waals surface area contributed by atoms with Crippen molar-refractivity contribution in [2.45, 2.75) is 129 Å². The topological polar surface area (TPSA) is 376 Å². The van der Waals surface area contributed by atoms with Gasteiger partial charge in [0.15, 0.2) is 18.9 Å². The fourth-order valence-corrected chi connectivity index (χ4v) is 5.91. The zero-order valence-electron chi connectivity index (χ0n) is 26.2. The monoisotopic (exact) mass is 802 g/mol.